The molecule has 16 heavy (non-hydrogen) atoms. The SMILES string of the molecule is Clc1ccc(CC(Cl)c2ncccn2)cc1. The Morgan fingerprint density at radius 1 is 1.06 bits per heavy atom. The zero-order chi connectivity index (χ0) is 11.4. The summed E-state index contributed by atoms with van der Waals surface area (Å²) in [6.07, 6.45) is 4.09. The van der Waals surface area contributed by atoms with E-state index in [-0.39, 0.29) is 5.38 Å². The molecule has 1 aromatic heterocycles. The van der Waals surface area contributed by atoms with Crippen molar-refractivity contribution in [3.63, 3.8) is 0 Å². The van der Waals surface area contributed by atoms with Crippen LogP contribution in [0.2, 0.25) is 5.02 Å². The lowest BCUT2D eigenvalue weighted by Gasteiger charge is -2.07. The Morgan fingerprint density at radius 3 is 2.31 bits per heavy atom. The van der Waals surface area contributed by atoms with Crippen LogP contribution >= 0.6 is 23.2 Å². The summed E-state index contributed by atoms with van der Waals surface area (Å²) in [5.41, 5.74) is 1.12. The van der Waals surface area contributed by atoms with Crippen LogP contribution in [0.15, 0.2) is 42.7 Å². The van der Waals surface area contributed by atoms with Crippen molar-refractivity contribution in [2.24, 2.45) is 0 Å². The molecular formula is C12H10Cl2N2. The quantitative estimate of drug-likeness (QED) is 0.780. The molecular weight excluding hydrogens is 243 g/mol. The fraction of sp³-hybridized carbons (Fsp3) is 0.167. The van der Waals surface area contributed by atoms with Gasteiger partial charge in [-0.3, -0.25) is 0 Å². The van der Waals surface area contributed by atoms with Crippen LogP contribution in [-0.4, -0.2) is 9.97 Å². The molecule has 1 unspecified atom stereocenters. The molecule has 1 atom stereocenters. The first-order valence-electron chi connectivity index (χ1n) is 4.91. The third-order valence-electron chi connectivity index (χ3n) is 2.19. The number of hydrogen-bond acceptors (Lipinski definition) is 2. The van der Waals surface area contributed by atoms with Gasteiger partial charge in [-0.1, -0.05) is 23.7 Å². The molecule has 1 heterocycles. The van der Waals surface area contributed by atoms with Crippen LogP contribution in [0.1, 0.15) is 16.8 Å². The van der Waals surface area contributed by atoms with Crippen molar-refractivity contribution in [2.45, 2.75) is 11.8 Å². The van der Waals surface area contributed by atoms with Gasteiger partial charge in [0.15, 0.2) is 0 Å². The summed E-state index contributed by atoms with van der Waals surface area (Å²) in [7, 11) is 0. The van der Waals surface area contributed by atoms with Gasteiger partial charge >= 0.3 is 0 Å². The predicted octanol–water partition coefficient (Wildman–Crippen LogP) is 3.65. The van der Waals surface area contributed by atoms with Gasteiger partial charge in [0.1, 0.15) is 5.82 Å². The van der Waals surface area contributed by atoms with E-state index in [1.807, 2.05) is 24.3 Å². The minimum atomic E-state index is -0.206. The molecule has 0 spiro atoms. The van der Waals surface area contributed by atoms with E-state index in [2.05, 4.69) is 9.97 Å². The monoisotopic (exact) mass is 252 g/mol. The minimum absolute atomic E-state index is 0.206. The van der Waals surface area contributed by atoms with E-state index in [1.54, 1.807) is 18.5 Å². The highest BCUT2D eigenvalue weighted by Gasteiger charge is 2.10. The normalized spacial score (nSPS) is 12.4. The second-order valence-electron chi connectivity index (χ2n) is 3.41. The molecule has 0 aliphatic heterocycles. The van der Waals surface area contributed by atoms with Crippen LogP contribution < -0.4 is 0 Å². The van der Waals surface area contributed by atoms with Gasteiger partial charge in [-0.2, -0.15) is 0 Å². The third-order valence-corrected chi connectivity index (χ3v) is 2.80. The molecule has 82 valence electrons. The predicted molar refractivity (Wildman–Crippen MR) is 65.8 cm³/mol. The average molecular weight is 253 g/mol. The largest absolute Gasteiger partial charge is 0.240 e. The number of alkyl halides is 1. The van der Waals surface area contributed by atoms with Gasteiger partial charge in [0.05, 0.1) is 5.38 Å². The van der Waals surface area contributed by atoms with E-state index in [0.29, 0.717) is 12.2 Å². The first-order valence-corrected chi connectivity index (χ1v) is 5.72. The molecule has 0 radical (unpaired) electrons. The standard InChI is InChI=1S/C12H10Cl2N2/c13-10-4-2-9(3-5-10)8-11(14)12-15-6-1-7-16-12/h1-7,11H,8H2. The summed E-state index contributed by atoms with van der Waals surface area (Å²) in [6.45, 7) is 0. The maximum absolute atomic E-state index is 6.22. The second kappa shape index (κ2) is 5.28. The van der Waals surface area contributed by atoms with Crippen molar-refractivity contribution in [3.05, 3.63) is 59.1 Å². The molecule has 0 aliphatic rings. The van der Waals surface area contributed by atoms with Crippen LogP contribution in [0.5, 0.6) is 0 Å². The lowest BCUT2D eigenvalue weighted by Crippen LogP contribution is -2.00. The Balaban J connectivity index is 2.08. The zero-order valence-electron chi connectivity index (χ0n) is 8.48. The van der Waals surface area contributed by atoms with Gasteiger partial charge in [-0.05, 0) is 30.2 Å². The van der Waals surface area contributed by atoms with Crippen LogP contribution in [0.4, 0.5) is 0 Å². The number of hydrogen-bond donors (Lipinski definition) is 0. The van der Waals surface area contributed by atoms with Crippen LogP contribution in [0.3, 0.4) is 0 Å². The molecule has 0 amide bonds. The van der Waals surface area contributed by atoms with Crippen molar-refractivity contribution >= 4 is 23.2 Å². The Hall–Kier alpha value is -1.12. The van der Waals surface area contributed by atoms with E-state index in [4.69, 9.17) is 23.2 Å². The summed E-state index contributed by atoms with van der Waals surface area (Å²) < 4.78 is 0. The van der Waals surface area contributed by atoms with E-state index in [1.165, 1.54) is 0 Å². The summed E-state index contributed by atoms with van der Waals surface area (Å²) >= 11 is 12.0. The molecule has 0 saturated carbocycles. The van der Waals surface area contributed by atoms with E-state index in [9.17, 15) is 0 Å². The molecule has 0 N–H and O–H groups in total. The molecule has 1 aromatic carbocycles. The number of halogens is 2. The Morgan fingerprint density at radius 2 is 1.69 bits per heavy atom. The van der Waals surface area contributed by atoms with Crippen molar-refractivity contribution in [2.75, 3.05) is 0 Å². The highest BCUT2D eigenvalue weighted by atomic mass is 35.5. The first kappa shape index (κ1) is 11.4. The van der Waals surface area contributed by atoms with Crippen molar-refractivity contribution in [1.29, 1.82) is 0 Å². The Labute approximate surface area is 104 Å². The minimum Gasteiger partial charge on any atom is -0.240 e. The molecule has 2 nitrogen and oxygen atoms in total. The molecule has 4 heteroatoms. The Bertz CT molecular complexity index is 442. The maximum atomic E-state index is 6.22. The lowest BCUT2D eigenvalue weighted by atomic mass is 10.1. The zero-order valence-corrected chi connectivity index (χ0v) is 9.99. The van der Waals surface area contributed by atoms with Crippen molar-refractivity contribution in [1.82, 2.24) is 9.97 Å². The summed E-state index contributed by atoms with van der Waals surface area (Å²) in [6, 6.07) is 9.40. The van der Waals surface area contributed by atoms with E-state index < -0.39 is 0 Å². The van der Waals surface area contributed by atoms with Crippen LogP contribution in [0.25, 0.3) is 0 Å². The van der Waals surface area contributed by atoms with Gasteiger partial charge in [-0.25, -0.2) is 9.97 Å². The van der Waals surface area contributed by atoms with Gasteiger partial charge in [0, 0.05) is 17.4 Å². The fourth-order valence-electron chi connectivity index (χ4n) is 1.39. The second-order valence-corrected chi connectivity index (χ2v) is 4.37. The van der Waals surface area contributed by atoms with Crippen molar-refractivity contribution < 1.29 is 0 Å². The smallest absolute Gasteiger partial charge is 0.146 e. The lowest BCUT2D eigenvalue weighted by molar-refractivity contribution is 0.826. The molecule has 0 aliphatic carbocycles. The van der Waals surface area contributed by atoms with E-state index >= 15 is 0 Å². The topological polar surface area (TPSA) is 25.8 Å². The van der Waals surface area contributed by atoms with Crippen LogP contribution in [-0.2, 0) is 6.42 Å². The summed E-state index contributed by atoms with van der Waals surface area (Å²) in [5, 5.41) is 0.521. The van der Waals surface area contributed by atoms with E-state index in [0.717, 1.165) is 10.6 Å². The number of nitrogens with zero attached hydrogens (tertiary/aromatic N) is 2. The highest BCUT2D eigenvalue weighted by Crippen LogP contribution is 2.22. The summed E-state index contributed by atoms with van der Waals surface area (Å²) in [5.74, 6) is 0.652. The number of benzene rings is 1. The molecule has 2 aromatic rings. The molecule has 0 bridgehead atoms. The van der Waals surface area contributed by atoms with Gasteiger partial charge < -0.3 is 0 Å². The van der Waals surface area contributed by atoms with Crippen molar-refractivity contribution in [3.8, 4) is 0 Å². The molecule has 0 saturated heterocycles. The van der Waals surface area contributed by atoms with Gasteiger partial charge in [0.25, 0.3) is 0 Å². The van der Waals surface area contributed by atoms with Gasteiger partial charge in [-0.15, -0.1) is 11.6 Å². The average Bonchev–Trinajstić information content (AvgIpc) is 2.33. The molecule has 0 fully saturated rings. The Kier molecular flexibility index (Phi) is 3.75. The third kappa shape index (κ3) is 2.94. The number of rotatable bonds is 3. The molecule has 2 rings (SSSR count). The number of aromatic nitrogens is 2. The van der Waals surface area contributed by atoms with Gasteiger partial charge in [0.2, 0.25) is 0 Å². The maximum Gasteiger partial charge on any atom is 0.146 e. The van der Waals surface area contributed by atoms with Crippen LogP contribution in [0, 0.1) is 0 Å². The fourth-order valence-corrected chi connectivity index (χ4v) is 1.81. The highest BCUT2D eigenvalue weighted by molar-refractivity contribution is 6.30. The summed E-state index contributed by atoms with van der Waals surface area (Å²) in [4.78, 5) is 8.25. The first-order chi connectivity index (χ1) is 7.75.